The van der Waals surface area contributed by atoms with E-state index in [2.05, 4.69) is 0 Å². The first-order chi connectivity index (χ1) is 9.90. The molecule has 0 unspecified atom stereocenters. The Hall–Kier alpha value is -1.56. The number of carbonyl (C=O) groups excluding carboxylic acids is 1. The predicted octanol–water partition coefficient (Wildman–Crippen LogP) is 2.10. The standard InChI is InChI=1S/C15H24N2O3S/c1-4-16(5-2)15(18)12-9-13-17(21(3,19)20)14-10-7-6-8-11-14/h6-8,10-11H,4-5,9,12-13H2,1-3H3. The van der Waals surface area contributed by atoms with E-state index in [1.807, 2.05) is 19.9 Å². The summed E-state index contributed by atoms with van der Waals surface area (Å²) < 4.78 is 25.1. The van der Waals surface area contributed by atoms with Crippen LogP contribution < -0.4 is 4.31 Å². The Balaban J connectivity index is 2.67. The third-order valence-corrected chi connectivity index (χ3v) is 4.51. The van der Waals surface area contributed by atoms with Crippen molar-refractivity contribution in [3.05, 3.63) is 30.3 Å². The molecule has 0 aliphatic rings. The molecule has 0 radical (unpaired) electrons. The third-order valence-electron chi connectivity index (χ3n) is 3.31. The molecule has 1 amide bonds. The normalized spacial score (nSPS) is 11.2. The van der Waals surface area contributed by atoms with Crippen molar-refractivity contribution >= 4 is 21.6 Å². The summed E-state index contributed by atoms with van der Waals surface area (Å²) in [4.78, 5) is 13.7. The highest BCUT2D eigenvalue weighted by molar-refractivity contribution is 7.92. The van der Waals surface area contributed by atoms with Crippen LogP contribution in [0.15, 0.2) is 30.3 Å². The van der Waals surface area contributed by atoms with Gasteiger partial charge < -0.3 is 4.90 Å². The maximum atomic E-state index is 11.9. The van der Waals surface area contributed by atoms with E-state index < -0.39 is 10.0 Å². The van der Waals surface area contributed by atoms with Gasteiger partial charge in [-0.25, -0.2) is 8.42 Å². The summed E-state index contributed by atoms with van der Waals surface area (Å²) >= 11 is 0. The van der Waals surface area contributed by atoms with Crippen LogP contribution in [0.1, 0.15) is 26.7 Å². The first-order valence-corrected chi connectivity index (χ1v) is 9.05. The van der Waals surface area contributed by atoms with E-state index in [1.165, 1.54) is 10.6 Å². The monoisotopic (exact) mass is 312 g/mol. The molecule has 0 fully saturated rings. The minimum Gasteiger partial charge on any atom is -0.343 e. The zero-order chi connectivity index (χ0) is 15.9. The van der Waals surface area contributed by atoms with Crippen molar-refractivity contribution < 1.29 is 13.2 Å². The number of benzene rings is 1. The smallest absolute Gasteiger partial charge is 0.232 e. The summed E-state index contributed by atoms with van der Waals surface area (Å²) in [5.41, 5.74) is 0.635. The maximum absolute atomic E-state index is 11.9. The molecule has 0 aliphatic heterocycles. The van der Waals surface area contributed by atoms with E-state index in [-0.39, 0.29) is 5.91 Å². The average molecular weight is 312 g/mol. The van der Waals surface area contributed by atoms with E-state index in [4.69, 9.17) is 0 Å². The van der Waals surface area contributed by atoms with Gasteiger partial charge in [0.15, 0.2) is 0 Å². The predicted molar refractivity (Wildman–Crippen MR) is 85.8 cm³/mol. The van der Waals surface area contributed by atoms with Crippen LogP contribution in [0.2, 0.25) is 0 Å². The van der Waals surface area contributed by atoms with E-state index in [9.17, 15) is 13.2 Å². The molecule has 0 atom stereocenters. The fourth-order valence-electron chi connectivity index (χ4n) is 2.19. The lowest BCUT2D eigenvalue weighted by molar-refractivity contribution is -0.130. The number of rotatable bonds is 8. The third kappa shape index (κ3) is 5.38. The molecule has 6 heteroatoms. The van der Waals surface area contributed by atoms with Gasteiger partial charge in [0, 0.05) is 26.1 Å². The number of hydrogen-bond donors (Lipinski definition) is 0. The van der Waals surface area contributed by atoms with Gasteiger partial charge in [0.25, 0.3) is 0 Å². The fourth-order valence-corrected chi connectivity index (χ4v) is 3.15. The summed E-state index contributed by atoms with van der Waals surface area (Å²) in [7, 11) is -3.34. The van der Waals surface area contributed by atoms with Crippen molar-refractivity contribution in [2.45, 2.75) is 26.7 Å². The van der Waals surface area contributed by atoms with Crippen LogP contribution in [0.25, 0.3) is 0 Å². The molecule has 0 saturated carbocycles. The van der Waals surface area contributed by atoms with Gasteiger partial charge in [-0.3, -0.25) is 9.10 Å². The number of sulfonamides is 1. The van der Waals surface area contributed by atoms with Crippen LogP contribution in [0.5, 0.6) is 0 Å². The Bertz CT molecular complexity index is 539. The summed E-state index contributed by atoms with van der Waals surface area (Å²) in [5.74, 6) is 0.0708. The van der Waals surface area contributed by atoms with Gasteiger partial charge >= 0.3 is 0 Å². The van der Waals surface area contributed by atoms with Crippen LogP contribution >= 0.6 is 0 Å². The molecule has 0 bridgehead atoms. The highest BCUT2D eigenvalue weighted by Gasteiger charge is 2.18. The lowest BCUT2D eigenvalue weighted by Crippen LogP contribution is -2.33. The number of para-hydroxylation sites is 1. The van der Waals surface area contributed by atoms with Crippen LogP contribution in [0, 0.1) is 0 Å². The second-order valence-corrected chi connectivity index (χ2v) is 6.75. The van der Waals surface area contributed by atoms with Crippen molar-refractivity contribution in [1.29, 1.82) is 0 Å². The maximum Gasteiger partial charge on any atom is 0.232 e. The molecule has 118 valence electrons. The van der Waals surface area contributed by atoms with Crippen molar-refractivity contribution in [2.24, 2.45) is 0 Å². The molecular formula is C15H24N2O3S. The second-order valence-electron chi connectivity index (χ2n) is 4.84. The average Bonchev–Trinajstić information content (AvgIpc) is 2.44. The number of amides is 1. The summed E-state index contributed by atoms with van der Waals surface area (Å²) in [6.45, 7) is 5.56. The van der Waals surface area contributed by atoms with Crippen LogP contribution in [0.4, 0.5) is 5.69 Å². The largest absolute Gasteiger partial charge is 0.343 e. The zero-order valence-electron chi connectivity index (χ0n) is 12.9. The van der Waals surface area contributed by atoms with Gasteiger partial charge in [-0.15, -0.1) is 0 Å². The molecule has 0 spiro atoms. The molecule has 1 aromatic carbocycles. The minimum atomic E-state index is -3.34. The molecule has 0 aromatic heterocycles. The summed E-state index contributed by atoms with van der Waals surface area (Å²) in [6, 6.07) is 8.96. The van der Waals surface area contributed by atoms with Gasteiger partial charge in [-0.2, -0.15) is 0 Å². The SMILES string of the molecule is CCN(CC)C(=O)CCCN(c1ccccc1)S(C)(=O)=O. The van der Waals surface area contributed by atoms with Crippen molar-refractivity contribution in [2.75, 3.05) is 30.2 Å². The number of nitrogens with zero attached hydrogens (tertiary/aromatic N) is 2. The van der Waals surface area contributed by atoms with E-state index in [0.29, 0.717) is 38.2 Å². The fraction of sp³-hybridized carbons (Fsp3) is 0.533. The van der Waals surface area contributed by atoms with Gasteiger partial charge in [0.2, 0.25) is 15.9 Å². The highest BCUT2D eigenvalue weighted by atomic mass is 32.2. The van der Waals surface area contributed by atoms with E-state index in [1.54, 1.807) is 29.2 Å². The Kier molecular flexibility index (Phi) is 6.68. The highest BCUT2D eigenvalue weighted by Crippen LogP contribution is 2.17. The molecule has 0 aliphatic carbocycles. The van der Waals surface area contributed by atoms with Crippen LogP contribution in [-0.4, -0.2) is 45.1 Å². The Labute approximate surface area is 127 Å². The molecule has 1 rings (SSSR count). The number of hydrogen-bond acceptors (Lipinski definition) is 3. The van der Waals surface area contributed by atoms with Crippen molar-refractivity contribution in [1.82, 2.24) is 4.90 Å². The molecule has 5 nitrogen and oxygen atoms in total. The summed E-state index contributed by atoms with van der Waals surface area (Å²) in [6.07, 6.45) is 2.06. The quantitative estimate of drug-likeness (QED) is 0.738. The van der Waals surface area contributed by atoms with Gasteiger partial charge in [0.1, 0.15) is 0 Å². The van der Waals surface area contributed by atoms with Gasteiger partial charge in [-0.1, -0.05) is 18.2 Å². The molecular weight excluding hydrogens is 288 g/mol. The van der Waals surface area contributed by atoms with Crippen molar-refractivity contribution in [3.8, 4) is 0 Å². The van der Waals surface area contributed by atoms with Crippen LogP contribution in [-0.2, 0) is 14.8 Å². The Morgan fingerprint density at radius 2 is 1.67 bits per heavy atom. The van der Waals surface area contributed by atoms with Crippen LogP contribution in [0.3, 0.4) is 0 Å². The zero-order valence-corrected chi connectivity index (χ0v) is 13.8. The van der Waals surface area contributed by atoms with E-state index in [0.717, 1.165) is 0 Å². The first kappa shape index (κ1) is 17.5. The lowest BCUT2D eigenvalue weighted by Gasteiger charge is -2.23. The van der Waals surface area contributed by atoms with E-state index >= 15 is 0 Å². The second kappa shape index (κ2) is 8.02. The topological polar surface area (TPSA) is 57.7 Å². The molecule has 0 heterocycles. The molecule has 21 heavy (non-hydrogen) atoms. The molecule has 0 saturated heterocycles. The van der Waals surface area contributed by atoms with Gasteiger partial charge in [-0.05, 0) is 32.4 Å². The Morgan fingerprint density at radius 1 is 1.10 bits per heavy atom. The molecule has 1 aromatic rings. The number of carbonyl (C=O) groups is 1. The minimum absolute atomic E-state index is 0.0708. The molecule has 0 N–H and O–H groups in total. The summed E-state index contributed by atoms with van der Waals surface area (Å²) in [5, 5.41) is 0. The number of anilines is 1. The van der Waals surface area contributed by atoms with Gasteiger partial charge in [0.05, 0.1) is 11.9 Å². The Morgan fingerprint density at radius 3 is 2.14 bits per heavy atom. The van der Waals surface area contributed by atoms with Crippen molar-refractivity contribution in [3.63, 3.8) is 0 Å². The first-order valence-electron chi connectivity index (χ1n) is 7.20. The lowest BCUT2D eigenvalue weighted by atomic mass is 10.2.